The van der Waals surface area contributed by atoms with Crippen LogP contribution in [0.1, 0.15) is 17.4 Å². The van der Waals surface area contributed by atoms with E-state index in [-0.39, 0.29) is 18.3 Å². The van der Waals surface area contributed by atoms with Gasteiger partial charge in [0.2, 0.25) is 5.95 Å². The molecule has 0 amide bonds. The molecule has 1 atom stereocenters. The molecule has 1 aromatic heterocycles. The molecule has 2 aromatic rings. The lowest BCUT2D eigenvalue weighted by Crippen LogP contribution is -2.24. The molecule has 21 heavy (non-hydrogen) atoms. The summed E-state index contributed by atoms with van der Waals surface area (Å²) in [5.74, 6) is -0.129. The van der Waals surface area contributed by atoms with Crippen LogP contribution < -0.4 is 5.32 Å². The summed E-state index contributed by atoms with van der Waals surface area (Å²) in [6, 6.07) is 9.24. The first-order valence-electron chi connectivity index (χ1n) is 6.40. The number of nitrogens with zero attached hydrogens (tertiary/aromatic N) is 3. The number of hydrogen-bond acceptors (Lipinski definition) is 5. The van der Waals surface area contributed by atoms with E-state index in [1.165, 1.54) is 0 Å². The van der Waals surface area contributed by atoms with Gasteiger partial charge in [-0.05, 0) is 11.6 Å². The fraction of sp³-hybridized carbons (Fsp3) is 0.214. The highest BCUT2D eigenvalue weighted by Crippen LogP contribution is 2.28. The summed E-state index contributed by atoms with van der Waals surface area (Å²) >= 11 is 0. The van der Waals surface area contributed by atoms with Crippen molar-refractivity contribution in [3.05, 3.63) is 53.5 Å². The molecule has 0 bridgehead atoms. The third-order valence-corrected chi connectivity index (χ3v) is 3.15. The van der Waals surface area contributed by atoms with Crippen LogP contribution >= 0.6 is 0 Å². The lowest BCUT2D eigenvalue weighted by molar-refractivity contribution is -0.132. The summed E-state index contributed by atoms with van der Waals surface area (Å²) in [6.45, 7) is 0.269. The van der Waals surface area contributed by atoms with E-state index in [1.54, 1.807) is 17.9 Å². The maximum absolute atomic E-state index is 11.3. The minimum atomic E-state index is -1.03. The summed E-state index contributed by atoms with van der Waals surface area (Å²) in [6.07, 6.45) is 1.62. The normalized spacial score (nSPS) is 16.8. The molecule has 2 N–H and O–H groups in total. The van der Waals surface area contributed by atoms with Crippen LogP contribution in [0.4, 0.5) is 5.95 Å². The number of aromatic nitrogens is 3. The second-order valence-corrected chi connectivity index (χ2v) is 4.60. The molecule has 1 aliphatic rings. The van der Waals surface area contributed by atoms with E-state index in [1.807, 2.05) is 30.3 Å². The van der Waals surface area contributed by atoms with Crippen LogP contribution in [0.2, 0.25) is 0 Å². The predicted octanol–water partition coefficient (Wildman–Crippen LogP) is 1.41. The van der Waals surface area contributed by atoms with E-state index in [4.69, 9.17) is 4.74 Å². The van der Waals surface area contributed by atoms with Gasteiger partial charge in [0.15, 0.2) is 5.82 Å². The van der Waals surface area contributed by atoms with Crippen LogP contribution in [0.15, 0.2) is 42.1 Å². The second kappa shape index (κ2) is 5.37. The summed E-state index contributed by atoms with van der Waals surface area (Å²) in [5, 5.41) is 16.4. The Balaban J connectivity index is 2.07. The number of ether oxygens (including phenoxy) is 1. The van der Waals surface area contributed by atoms with Gasteiger partial charge in [0.25, 0.3) is 0 Å². The maximum Gasteiger partial charge on any atom is 0.352 e. The number of fused-ring (bicyclic) bond motifs is 1. The van der Waals surface area contributed by atoms with E-state index in [2.05, 4.69) is 15.4 Å². The standard InChI is InChI=1S/C14H14N4O3/c1-21-8-12-16-14-15-10(13(19)20)7-11(18(14)17-12)9-5-3-2-4-6-9/h2-7,11H,8H2,1H3,(H,19,20)(H,15,16,17)/t11-/m0/s1. The molecule has 0 aliphatic carbocycles. The topological polar surface area (TPSA) is 89.3 Å². The van der Waals surface area contributed by atoms with Crippen molar-refractivity contribution >= 4 is 11.9 Å². The minimum Gasteiger partial charge on any atom is -0.477 e. The van der Waals surface area contributed by atoms with Crippen molar-refractivity contribution in [2.45, 2.75) is 12.6 Å². The molecule has 0 saturated carbocycles. The highest BCUT2D eigenvalue weighted by Gasteiger charge is 2.26. The predicted molar refractivity (Wildman–Crippen MR) is 74.7 cm³/mol. The van der Waals surface area contributed by atoms with Gasteiger partial charge in [-0.2, -0.15) is 10.1 Å². The molecule has 1 aromatic carbocycles. The van der Waals surface area contributed by atoms with Crippen molar-refractivity contribution in [2.75, 3.05) is 12.4 Å². The van der Waals surface area contributed by atoms with Crippen LogP contribution in [0.3, 0.4) is 0 Å². The van der Waals surface area contributed by atoms with Crippen LogP contribution in [0, 0.1) is 0 Å². The van der Waals surface area contributed by atoms with Crippen molar-refractivity contribution in [3.63, 3.8) is 0 Å². The van der Waals surface area contributed by atoms with Crippen LogP contribution in [0.25, 0.3) is 0 Å². The van der Waals surface area contributed by atoms with Crippen LogP contribution in [-0.4, -0.2) is 33.0 Å². The maximum atomic E-state index is 11.3. The zero-order valence-electron chi connectivity index (χ0n) is 11.4. The van der Waals surface area contributed by atoms with E-state index < -0.39 is 5.97 Å². The highest BCUT2D eigenvalue weighted by molar-refractivity contribution is 5.90. The molecule has 7 heteroatoms. The van der Waals surface area contributed by atoms with Gasteiger partial charge >= 0.3 is 5.97 Å². The third kappa shape index (κ3) is 2.50. The molecule has 1 aliphatic heterocycles. The molecule has 3 rings (SSSR count). The van der Waals surface area contributed by atoms with E-state index in [0.29, 0.717) is 11.8 Å². The Kier molecular flexibility index (Phi) is 3.41. The Morgan fingerprint density at radius 2 is 2.19 bits per heavy atom. The number of carboxylic acids is 1. The van der Waals surface area contributed by atoms with Crippen molar-refractivity contribution in [3.8, 4) is 0 Å². The highest BCUT2D eigenvalue weighted by atomic mass is 16.5. The van der Waals surface area contributed by atoms with Gasteiger partial charge in [-0.1, -0.05) is 30.3 Å². The Morgan fingerprint density at radius 1 is 1.43 bits per heavy atom. The molecular weight excluding hydrogens is 272 g/mol. The molecule has 0 radical (unpaired) electrons. The van der Waals surface area contributed by atoms with Gasteiger partial charge in [-0.25, -0.2) is 9.48 Å². The van der Waals surface area contributed by atoms with Crippen molar-refractivity contribution in [1.29, 1.82) is 0 Å². The molecule has 108 valence electrons. The van der Waals surface area contributed by atoms with Gasteiger partial charge in [0, 0.05) is 7.11 Å². The molecular formula is C14H14N4O3. The number of carboxylic acid groups (broad SMARTS) is 1. The van der Waals surface area contributed by atoms with Crippen molar-refractivity contribution < 1.29 is 14.6 Å². The first-order valence-corrected chi connectivity index (χ1v) is 6.40. The summed E-state index contributed by atoms with van der Waals surface area (Å²) in [4.78, 5) is 15.5. The number of benzene rings is 1. The van der Waals surface area contributed by atoms with E-state index in [9.17, 15) is 9.90 Å². The Morgan fingerprint density at radius 3 is 2.86 bits per heavy atom. The number of nitrogens with one attached hydrogen (secondary N) is 1. The number of hydrogen-bond donors (Lipinski definition) is 2. The number of anilines is 1. The Bertz CT molecular complexity index is 693. The van der Waals surface area contributed by atoms with E-state index in [0.717, 1.165) is 5.56 Å². The van der Waals surface area contributed by atoms with Crippen LogP contribution in [-0.2, 0) is 16.1 Å². The number of methoxy groups -OCH3 is 1. The van der Waals surface area contributed by atoms with Gasteiger partial charge in [0.05, 0.1) is 0 Å². The minimum absolute atomic E-state index is 0.0905. The number of rotatable bonds is 4. The molecule has 0 fully saturated rings. The fourth-order valence-electron chi connectivity index (χ4n) is 2.24. The summed E-state index contributed by atoms with van der Waals surface area (Å²) < 4.78 is 6.68. The Hall–Kier alpha value is -2.67. The first-order chi connectivity index (χ1) is 10.2. The van der Waals surface area contributed by atoms with E-state index >= 15 is 0 Å². The zero-order chi connectivity index (χ0) is 14.8. The van der Waals surface area contributed by atoms with Crippen molar-refractivity contribution in [2.24, 2.45) is 0 Å². The van der Waals surface area contributed by atoms with Gasteiger partial charge < -0.3 is 15.2 Å². The monoisotopic (exact) mass is 286 g/mol. The Labute approximate surface area is 120 Å². The first kappa shape index (κ1) is 13.3. The molecule has 2 heterocycles. The summed E-state index contributed by atoms with van der Waals surface area (Å²) in [5.41, 5.74) is 1.03. The number of aliphatic carboxylic acids is 1. The van der Waals surface area contributed by atoms with Gasteiger partial charge in [-0.3, -0.25) is 0 Å². The molecule has 0 spiro atoms. The lowest BCUT2D eigenvalue weighted by atomic mass is 10.0. The van der Waals surface area contributed by atoms with Gasteiger partial charge in [0.1, 0.15) is 18.3 Å². The molecule has 7 nitrogen and oxygen atoms in total. The number of allylic oxidation sites excluding steroid dienone is 1. The average molecular weight is 286 g/mol. The van der Waals surface area contributed by atoms with Gasteiger partial charge in [-0.15, -0.1) is 0 Å². The second-order valence-electron chi connectivity index (χ2n) is 4.60. The zero-order valence-corrected chi connectivity index (χ0v) is 11.4. The third-order valence-electron chi connectivity index (χ3n) is 3.15. The fourth-order valence-corrected chi connectivity index (χ4v) is 2.24. The van der Waals surface area contributed by atoms with Crippen LogP contribution in [0.5, 0.6) is 0 Å². The SMILES string of the molecule is COCc1nc2n(n1)[C@H](c1ccccc1)C=C(C(=O)O)N2. The summed E-state index contributed by atoms with van der Waals surface area (Å²) in [7, 11) is 1.56. The molecule has 0 saturated heterocycles. The smallest absolute Gasteiger partial charge is 0.352 e. The lowest BCUT2D eigenvalue weighted by Gasteiger charge is -2.22. The number of carbonyl (C=O) groups is 1. The largest absolute Gasteiger partial charge is 0.477 e. The average Bonchev–Trinajstić information content (AvgIpc) is 2.89. The molecule has 0 unspecified atom stereocenters. The van der Waals surface area contributed by atoms with Crippen molar-refractivity contribution in [1.82, 2.24) is 14.8 Å². The quantitative estimate of drug-likeness (QED) is 0.883.